The number of benzene rings is 1. The van der Waals surface area contributed by atoms with E-state index in [0.717, 1.165) is 6.42 Å². The minimum absolute atomic E-state index is 0.0133. The van der Waals surface area contributed by atoms with Gasteiger partial charge < -0.3 is 0 Å². The first-order valence-electron chi connectivity index (χ1n) is 5.61. The van der Waals surface area contributed by atoms with Crippen LogP contribution < -0.4 is 11.3 Å². The van der Waals surface area contributed by atoms with Gasteiger partial charge in [-0.05, 0) is 42.0 Å². The van der Waals surface area contributed by atoms with Crippen LogP contribution in [0.4, 0.5) is 4.39 Å². The van der Waals surface area contributed by atoms with Crippen molar-refractivity contribution in [2.75, 3.05) is 0 Å². The summed E-state index contributed by atoms with van der Waals surface area (Å²) >= 11 is 7.40. The maximum absolute atomic E-state index is 13.7. The summed E-state index contributed by atoms with van der Waals surface area (Å²) in [4.78, 5) is 1.23. The molecule has 0 saturated carbocycles. The third kappa shape index (κ3) is 3.53. The van der Waals surface area contributed by atoms with Crippen molar-refractivity contribution in [2.45, 2.75) is 18.9 Å². The molecule has 1 heterocycles. The number of thiophene rings is 1. The molecule has 3 N–H and O–H groups in total. The molecule has 1 aromatic carbocycles. The standard InChI is InChI=1S/C13H14ClFN2S/c14-10-4-3-9(13(15)7-10)6-11(17-16)8-12-2-1-5-18-12/h1-5,7,11,17H,6,8,16H2. The third-order valence-electron chi connectivity index (χ3n) is 2.74. The lowest BCUT2D eigenvalue weighted by Gasteiger charge is -2.15. The first kappa shape index (κ1) is 13.5. The van der Waals surface area contributed by atoms with Crippen molar-refractivity contribution in [3.8, 4) is 0 Å². The molecule has 0 aliphatic rings. The summed E-state index contributed by atoms with van der Waals surface area (Å²) in [5.41, 5.74) is 3.36. The monoisotopic (exact) mass is 284 g/mol. The maximum atomic E-state index is 13.7. The van der Waals surface area contributed by atoms with E-state index in [2.05, 4.69) is 5.43 Å². The Balaban J connectivity index is 2.05. The number of hydrogen-bond acceptors (Lipinski definition) is 3. The molecule has 0 saturated heterocycles. The molecule has 0 radical (unpaired) electrons. The van der Waals surface area contributed by atoms with E-state index in [9.17, 15) is 4.39 Å². The Hall–Kier alpha value is -0.940. The van der Waals surface area contributed by atoms with Crippen molar-refractivity contribution in [1.29, 1.82) is 0 Å². The van der Waals surface area contributed by atoms with E-state index >= 15 is 0 Å². The van der Waals surface area contributed by atoms with Gasteiger partial charge in [-0.1, -0.05) is 23.7 Å². The summed E-state index contributed by atoms with van der Waals surface area (Å²) in [6.45, 7) is 0. The highest BCUT2D eigenvalue weighted by atomic mass is 35.5. The van der Waals surface area contributed by atoms with E-state index in [4.69, 9.17) is 17.4 Å². The molecule has 2 nitrogen and oxygen atoms in total. The Morgan fingerprint density at radius 1 is 1.33 bits per heavy atom. The Morgan fingerprint density at radius 2 is 2.17 bits per heavy atom. The summed E-state index contributed by atoms with van der Waals surface area (Å²) in [7, 11) is 0. The summed E-state index contributed by atoms with van der Waals surface area (Å²) in [6.07, 6.45) is 1.33. The molecule has 0 bridgehead atoms. The molecule has 96 valence electrons. The third-order valence-corrected chi connectivity index (χ3v) is 3.88. The normalized spacial score (nSPS) is 12.6. The number of hydrogen-bond donors (Lipinski definition) is 2. The molecule has 2 rings (SSSR count). The van der Waals surface area contributed by atoms with Crippen LogP contribution in [0.3, 0.4) is 0 Å². The molecule has 1 unspecified atom stereocenters. The van der Waals surface area contributed by atoms with Gasteiger partial charge in [0.2, 0.25) is 0 Å². The molecule has 1 atom stereocenters. The fourth-order valence-corrected chi connectivity index (χ4v) is 2.76. The predicted molar refractivity (Wildman–Crippen MR) is 74.2 cm³/mol. The van der Waals surface area contributed by atoms with Crippen molar-refractivity contribution >= 4 is 22.9 Å². The van der Waals surface area contributed by atoms with Crippen molar-refractivity contribution in [3.63, 3.8) is 0 Å². The van der Waals surface area contributed by atoms with Crippen LogP contribution in [-0.4, -0.2) is 6.04 Å². The predicted octanol–water partition coefficient (Wildman–Crippen LogP) is 3.16. The molecule has 0 amide bonds. The first-order chi connectivity index (χ1) is 8.69. The number of halogens is 2. The van der Waals surface area contributed by atoms with Crippen LogP contribution in [0.1, 0.15) is 10.4 Å². The zero-order valence-corrected chi connectivity index (χ0v) is 11.3. The van der Waals surface area contributed by atoms with Gasteiger partial charge in [0.05, 0.1) is 0 Å². The fourth-order valence-electron chi connectivity index (χ4n) is 1.81. The van der Waals surface area contributed by atoms with Gasteiger partial charge in [-0.25, -0.2) is 4.39 Å². The summed E-state index contributed by atoms with van der Waals surface area (Å²) < 4.78 is 13.7. The van der Waals surface area contributed by atoms with E-state index in [0.29, 0.717) is 17.0 Å². The van der Waals surface area contributed by atoms with Crippen LogP contribution in [0, 0.1) is 5.82 Å². The first-order valence-corrected chi connectivity index (χ1v) is 6.87. The van der Waals surface area contributed by atoms with E-state index in [1.165, 1.54) is 10.9 Å². The molecule has 0 aliphatic heterocycles. The highest BCUT2D eigenvalue weighted by molar-refractivity contribution is 7.09. The summed E-state index contributed by atoms with van der Waals surface area (Å²) in [6, 6.07) is 8.79. The van der Waals surface area contributed by atoms with E-state index in [1.807, 2.05) is 17.5 Å². The van der Waals surface area contributed by atoms with E-state index in [-0.39, 0.29) is 11.9 Å². The fraction of sp³-hybridized carbons (Fsp3) is 0.231. The van der Waals surface area contributed by atoms with Gasteiger partial charge in [0.1, 0.15) is 5.82 Å². The number of nitrogens with one attached hydrogen (secondary N) is 1. The topological polar surface area (TPSA) is 38.0 Å². The number of hydrazine groups is 1. The minimum atomic E-state index is -0.283. The van der Waals surface area contributed by atoms with Gasteiger partial charge in [-0.3, -0.25) is 11.3 Å². The van der Waals surface area contributed by atoms with Crippen LogP contribution in [0.2, 0.25) is 5.02 Å². The second-order valence-electron chi connectivity index (χ2n) is 4.09. The lowest BCUT2D eigenvalue weighted by molar-refractivity contribution is 0.509. The summed E-state index contributed by atoms with van der Waals surface area (Å²) in [5.74, 6) is 5.24. The zero-order chi connectivity index (χ0) is 13.0. The van der Waals surface area contributed by atoms with Crippen LogP contribution in [-0.2, 0) is 12.8 Å². The SMILES string of the molecule is NNC(Cc1cccs1)Cc1ccc(Cl)cc1F. The van der Waals surface area contributed by atoms with Crippen LogP contribution in [0.15, 0.2) is 35.7 Å². The number of nitrogens with two attached hydrogens (primary N) is 1. The Kier molecular flexibility index (Phi) is 4.72. The Bertz CT molecular complexity index is 502. The minimum Gasteiger partial charge on any atom is -0.271 e. The van der Waals surface area contributed by atoms with Crippen molar-refractivity contribution in [2.24, 2.45) is 5.84 Å². The van der Waals surface area contributed by atoms with Gasteiger partial charge in [0, 0.05) is 15.9 Å². The molecule has 0 fully saturated rings. The Labute approximate surface area is 115 Å². The van der Waals surface area contributed by atoms with Gasteiger partial charge in [0.15, 0.2) is 0 Å². The van der Waals surface area contributed by atoms with Crippen molar-refractivity contribution in [1.82, 2.24) is 5.43 Å². The highest BCUT2D eigenvalue weighted by Gasteiger charge is 2.12. The summed E-state index contributed by atoms with van der Waals surface area (Å²) in [5, 5.41) is 2.43. The molecular weight excluding hydrogens is 271 g/mol. The van der Waals surface area contributed by atoms with Crippen molar-refractivity contribution < 1.29 is 4.39 Å². The lowest BCUT2D eigenvalue weighted by atomic mass is 10.0. The lowest BCUT2D eigenvalue weighted by Crippen LogP contribution is -2.38. The maximum Gasteiger partial charge on any atom is 0.127 e. The smallest absolute Gasteiger partial charge is 0.127 e. The van der Waals surface area contributed by atoms with Gasteiger partial charge >= 0.3 is 0 Å². The van der Waals surface area contributed by atoms with E-state index in [1.54, 1.807) is 23.5 Å². The second-order valence-corrected chi connectivity index (χ2v) is 5.56. The molecule has 5 heteroatoms. The van der Waals surface area contributed by atoms with Gasteiger partial charge in [-0.15, -0.1) is 11.3 Å². The second kappa shape index (κ2) is 6.29. The van der Waals surface area contributed by atoms with Gasteiger partial charge in [0.25, 0.3) is 0 Å². The van der Waals surface area contributed by atoms with Crippen LogP contribution in [0.5, 0.6) is 0 Å². The molecule has 0 spiro atoms. The highest BCUT2D eigenvalue weighted by Crippen LogP contribution is 2.18. The average Bonchev–Trinajstić information content (AvgIpc) is 2.84. The average molecular weight is 285 g/mol. The number of rotatable bonds is 5. The van der Waals surface area contributed by atoms with Crippen LogP contribution >= 0.6 is 22.9 Å². The van der Waals surface area contributed by atoms with Crippen molar-refractivity contribution in [3.05, 3.63) is 57.0 Å². The van der Waals surface area contributed by atoms with Gasteiger partial charge in [-0.2, -0.15) is 0 Å². The molecular formula is C13H14ClFN2S. The Morgan fingerprint density at radius 3 is 2.78 bits per heavy atom. The zero-order valence-electron chi connectivity index (χ0n) is 9.70. The van der Waals surface area contributed by atoms with E-state index < -0.39 is 0 Å². The molecule has 1 aromatic heterocycles. The quantitative estimate of drug-likeness (QED) is 0.654. The largest absolute Gasteiger partial charge is 0.271 e. The molecule has 18 heavy (non-hydrogen) atoms. The van der Waals surface area contributed by atoms with Crippen LogP contribution in [0.25, 0.3) is 0 Å². The molecule has 0 aliphatic carbocycles. The molecule has 2 aromatic rings.